The lowest BCUT2D eigenvalue weighted by molar-refractivity contribution is -0.385. The Morgan fingerprint density at radius 2 is 1.95 bits per heavy atom. The van der Waals surface area contributed by atoms with Gasteiger partial charge in [0.05, 0.1) is 11.3 Å². The van der Waals surface area contributed by atoms with Crippen LogP contribution in [0.2, 0.25) is 0 Å². The van der Waals surface area contributed by atoms with Crippen molar-refractivity contribution in [3.8, 4) is 0 Å². The fourth-order valence-corrected chi connectivity index (χ4v) is 1.92. The van der Waals surface area contributed by atoms with E-state index in [1.54, 1.807) is 6.92 Å². The van der Waals surface area contributed by atoms with E-state index in [4.69, 9.17) is 0 Å². The predicted octanol–water partition coefficient (Wildman–Crippen LogP) is 3.63. The van der Waals surface area contributed by atoms with E-state index in [1.807, 2.05) is 6.92 Å². The number of rotatable bonds is 8. The summed E-state index contributed by atoms with van der Waals surface area (Å²) in [6.45, 7) is 3.66. The van der Waals surface area contributed by atoms with Gasteiger partial charge in [0, 0.05) is 23.6 Å². The summed E-state index contributed by atoms with van der Waals surface area (Å²) < 4.78 is 0. The fraction of sp³-hybridized carbons (Fsp3) is 0.467. The number of carbonyl (C=O) groups excluding carboxylic acids is 2. The SMILES string of the molecule is CCCCCC(=O)CC(=O)c1ccc(C)c([N+](=O)[O-])c1. The van der Waals surface area contributed by atoms with Crippen LogP contribution < -0.4 is 0 Å². The summed E-state index contributed by atoms with van der Waals surface area (Å²) in [5.41, 5.74) is 0.640. The van der Waals surface area contributed by atoms with E-state index in [0.29, 0.717) is 12.0 Å². The molecule has 0 radical (unpaired) electrons. The molecule has 5 nitrogen and oxygen atoms in total. The minimum atomic E-state index is -0.519. The van der Waals surface area contributed by atoms with Crippen molar-refractivity contribution in [3.05, 3.63) is 39.4 Å². The number of nitro groups is 1. The van der Waals surface area contributed by atoms with Gasteiger partial charge < -0.3 is 0 Å². The van der Waals surface area contributed by atoms with Crippen molar-refractivity contribution in [1.29, 1.82) is 0 Å². The van der Waals surface area contributed by atoms with E-state index in [9.17, 15) is 19.7 Å². The second-order valence-corrected chi connectivity index (χ2v) is 4.85. The van der Waals surface area contributed by atoms with E-state index in [2.05, 4.69) is 0 Å². The van der Waals surface area contributed by atoms with E-state index < -0.39 is 4.92 Å². The van der Waals surface area contributed by atoms with Crippen molar-refractivity contribution in [3.63, 3.8) is 0 Å². The van der Waals surface area contributed by atoms with E-state index in [0.717, 1.165) is 19.3 Å². The zero-order valence-electron chi connectivity index (χ0n) is 11.8. The molecule has 0 N–H and O–H groups in total. The Morgan fingerprint density at radius 1 is 1.25 bits per heavy atom. The van der Waals surface area contributed by atoms with Crippen LogP contribution in [-0.4, -0.2) is 16.5 Å². The van der Waals surface area contributed by atoms with Crippen molar-refractivity contribution in [2.24, 2.45) is 0 Å². The van der Waals surface area contributed by atoms with E-state index in [1.165, 1.54) is 18.2 Å². The maximum Gasteiger partial charge on any atom is 0.273 e. The highest BCUT2D eigenvalue weighted by Crippen LogP contribution is 2.20. The number of Topliss-reactive ketones (excluding diaryl/α,β-unsaturated/α-hetero) is 2. The zero-order chi connectivity index (χ0) is 15.1. The molecular formula is C15H19NO4. The third-order valence-electron chi connectivity index (χ3n) is 3.14. The fourth-order valence-electron chi connectivity index (χ4n) is 1.92. The van der Waals surface area contributed by atoms with E-state index in [-0.39, 0.29) is 29.2 Å². The second-order valence-electron chi connectivity index (χ2n) is 4.85. The predicted molar refractivity (Wildman–Crippen MR) is 75.9 cm³/mol. The summed E-state index contributed by atoms with van der Waals surface area (Å²) in [4.78, 5) is 33.9. The zero-order valence-corrected chi connectivity index (χ0v) is 11.8. The quantitative estimate of drug-likeness (QED) is 0.239. The smallest absolute Gasteiger partial charge is 0.273 e. The van der Waals surface area contributed by atoms with Gasteiger partial charge in [-0.25, -0.2) is 0 Å². The molecule has 0 atom stereocenters. The first-order valence-corrected chi connectivity index (χ1v) is 6.75. The molecule has 0 fully saturated rings. The first-order valence-electron chi connectivity index (χ1n) is 6.75. The molecule has 5 heteroatoms. The Bertz CT molecular complexity index is 523. The molecule has 20 heavy (non-hydrogen) atoms. The average molecular weight is 277 g/mol. The summed E-state index contributed by atoms with van der Waals surface area (Å²) >= 11 is 0. The standard InChI is InChI=1S/C15H19NO4/c1-3-4-5-6-13(17)10-15(18)12-8-7-11(2)14(9-12)16(19)20/h7-9H,3-6,10H2,1-2H3. The molecule has 0 bridgehead atoms. The largest absolute Gasteiger partial charge is 0.299 e. The van der Waals surface area contributed by atoms with Gasteiger partial charge in [0.2, 0.25) is 0 Å². The molecule has 0 aliphatic carbocycles. The minimum absolute atomic E-state index is 0.0886. The van der Waals surface area contributed by atoms with Crippen LogP contribution in [-0.2, 0) is 4.79 Å². The lowest BCUT2D eigenvalue weighted by Gasteiger charge is -2.03. The van der Waals surface area contributed by atoms with Crippen molar-refractivity contribution in [2.75, 3.05) is 0 Å². The molecule has 0 aliphatic rings. The van der Waals surface area contributed by atoms with Gasteiger partial charge in [0.1, 0.15) is 5.78 Å². The van der Waals surface area contributed by atoms with Crippen molar-refractivity contribution < 1.29 is 14.5 Å². The first-order chi connectivity index (χ1) is 9.45. The molecular weight excluding hydrogens is 258 g/mol. The number of hydrogen-bond donors (Lipinski definition) is 0. The molecule has 0 saturated heterocycles. The average Bonchev–Trinajstić information content (AvgIpc) is 2.39. The van der Waals surface area contributed by atoms with Crippen LogP contribution in [0.3, 0.4) is 0 Å². The van der Waals surface area contributed by atoms with Gasteiger partial charge in [-0.2, -0.15) is 0 Å². The molecule has 108 valence electrons. The van der Waals surface area contributed by atoms with Crippen LogP contribution in [0.4, 0.5) is 5.69 Å². The lowest BCUT2D eigenvalue weighted by Crippen LogP contribution is -2.08. The summed E-state index contributed by atoms with van der Waals surface area (Å²) in [5, 5.41) is 10.8. The highest BCUT2D eigenvalue weighted by molar-refractivity contribution is 6.08. The van der Waals surface area contributed by atoms with Gasteiger partial charge in [0.15, 0.2) is 5.78 Å². The molecule has 1 aromatic rings. The normalized spacial score (nSPS) is 10.3. The second kappa shape index (κ2) is 7.53. The number of ketones is 2. The van der Waals surface area contributed by atoms with Gasteiger partial charge in [-0.3, -0.25) is 19.7 Å². The Morgan fingerprint density at radius 3 is 2.55 bits per heavy atom. The summed E-state index contributed by atoms with van der Waals surface area (Å²) in [7, 11) is 0. The highest BCUT2D eigenvalue weighted by Gasteiger charge is 2.17. The van der Waals surface area contributed by atoms with Gasteiger partial charge >= 0.3 is 0 Å². The van der Waals surface area contributed by atoms with Gasteiger partial charge in [0.25, 0.3) is 5.69 Å². The lowest BCUT2D eigenvalue weighted by atomic mass is 10.0. The first kappa shape index (κ1) is 16.0. The maximum atomic E-state index is 11.9. The molecule has 0 heterocycles. The van der Waals surface area contributed by atoms with Gasteiger partial charge in [-0.1, -0.05) is 31.9 Å². The van der Waals surface area contributed by atoms with Crippen LogP contribution in [0.5, 0.6) is 0 Å². The monoisotopic (exact) mass is 277 g/mol. The third kappa shape index (κ3) is 4.57. The number of nitro benzene ring substituents is 1. The summed E-state index contributed by atoms with van der Waals surface area (Å²) in [6.07, 6.45) is 3.00. The molecule has 0 aliphatic heterocycles. The van der Waals surface area contributed by atoms with Crippen molar-refractivity contribution in [1.82, 2.24) is 0 Å². The number of hydrogen-bond acceptors (Lipinski definition) is 4. The number of unbranched alkanes of at least 4 members (excludes halogenated alkanes) is 2. The molecule has 0 amide bonds. The van der Waals surface area contributed by atoms with Gasteiger partial charge in [-0.05, 0) is 13.3 Å². The summed E-state index contributed by atoms with van der Waals surface area (Å²) in [5.74, 6) is -0.457. The highest BCUT2D eigenvalue weighted by atomic mass is 16.6. The van der Waals surface area contributed by atoms with Crippen LogP contribution >= 0.6 is 0 Å². The van der Waals surface area contributed by atoms with Crippen LogP contribution in [0, 0.1) is 17.0 Å². The Balaban J connectivity index is 2.70. The van der Waals surface area contributed by atoms with E-state index >= 15 is 0 Å². The van der Waals surface area contributed by atoms with Crippen molar-refractivity contribution in [2.45, 2.75) is 46.0 Å². The molecule has 0 unspecified atom stereocenters. The topological polar surface area (TPSA) is 77.3 Å². The molecule has 0 spiro atoms. The van der Waals surface area contributed by atoms with Gasteiger partial charge in [-0.15, -0.1) is 0 Å². The molecule has 0 aromatic heterocycles. The van der Waals surface area contributed by atoms with Crippen LogP contribution in [0.15, 0.2) is 18.2 Å². The number of nitrogens with zero attached hydrogens (tertiary/aromatic N) is 1. The summed E-state index contributed by atoms with van der Waals surface area (Å²) in [6, 6.07) is 4.31. The number of aryl methyl sites for hydroxylation is 1. The molecule has 1 aromatic carbocycles. The minimum Gasteiger partial charge on any atom is -0.299 e. The number of carbonyl (C=O) groups is 2. The number of benzene rings is 1. The third-order valence-corrected chi connectivity index (χ3v) is 3.14. The molecule has 0 saturated carbocycles. The Labute approximate surface area is 118 Å². The van der Waals surface area contributed by atoms with Crippen molar-refractivity contribution >= 4 is 17.3 Å². The molecule has 1 rings (SSSR count). The van der Waals surface area contributed by atoms with Crippen LogP contribution in [0.25, 0.3) is 0 Å². The Kier molecular flexibility index (Phi) is 6.03. The van der Waals surface area contributed by atoms with Crippen LogP contribution in [0.1, 0.15) is 54.9 Å². The Hall–Kier alpha value is -2.04. The maximum absolute atomic E-state index is 11.9.